The maximum atomic E-state index is 12.6. The van der Waals surface area contributed by atoms with E-state index in [4.69, 9.17) is 9.47 Å². The van der Waals surface area contributed by atoms with Crippen molar-refractivity contribution in [2.75, 3.05) is 26.3 Å². The zero-order valence-corrected chi connectivity index (χ0v) is 16.3. The van der Waals surface area contributed by atoms with E-state index in [1.54, 1.807) is 18.2 Å². The fourth-order valence-electron chi connectivity index (χ4n) is 3.21. The lowest BCUT2D eigenvalue weighted by Crippen LogP contribution is -2.52. The Labute approximate surface area is 156 Å². The molecule has 1 aromatic carbocycles. The standard InChI is InChI=1S/C17H26N2O4S.ClH/c1-17(2)7-3-8-18-16(17)12-19-24(20,21)13-5-6-14-15(11-13)23-10-4-9-22-14;/h5-6,11,16,18-19H,3-4,7-10,12H2,1-2H3;1H. The van der Waals surface area contributed by atoms with Gasteiger partial charge < -0.3 is 14.8 Å². The van der Waals surface area contributed by atoms with Crippen molar-refractivity contribution >= 4 is 22.4 Å². The van der Waals surface area contributed by atoms with Crippen molar-refractivity contribution in [2.45, 2.75) is 44.0 Å². The van der Waals surface area contributed by atoms with Gasteiger partial charge in [0.05, 0.1) is 18.1 Å². The van der Waals surface area contributed by atoms with Gasteiger partial charge in [0.1, 0.15) is 0 Å². The van der Waals surface area contributed by atoms with Gasteiger partial charge in [-0.15, -0.1) is 12.4 Å². The summed E-state index contributed by atoms with van der Waals surface area (Å²) in [6, 6.07) is 4.90. The maximum Gasteiger partial charge on any atom is 0.240 e. The van der Waals surface area contributed by atoms with Crippen LogP contribution in [0.3, 0.4) is 0 Å². The summed E-state index contributed by atoms with van der Waals surface area (Å²) in [7, 11) is -3.58. The van der Waals surface area contributed by atoms with E-state index in [1.807, 2.05) is 0 Å². The molecule has 0 radical (unpaired) electrons. The van der Waals surface area contributed by atoms with Gasteiger partial charge in [-0.3, -0.25) is 0 Å². The van der Waals surface area contributed by atoms with E-state index in [2.05, 4.69) is 23.9 Å². The number of hydrogen-bond acceptors (Lipinski definition) is 5. The van der Waals surface area contributed by atoms with Gasteiger partial charge in [-0.05, 0) is 36.9 Å². The van der Waals surface area contributed by atoms with Crippen molar-refractivity contribution in [3.63, 3.8) is 0 Å². The second kappa shape index (κ2) is 8.12. The quantitative estimate of drug-likeness (QED) is 0.825. The third-order valence-electron chi connectivity index (χ3n) is 4.84. The average Bonchev–Trinajstić information content (AvgIpc) is 2.78. The monoisotopic (exact) mass is 390 g/mol. The van der Waals surface area contributed by atoms with Gasteiger partial charge in [-0.1, -0.05) is 13.8 Å². The first-order valence-corrected chi connectivity index (χ1v) is 9.99. The van der Waals surface area contributed by atoms with Crippen molar-refractivity contribution < 1.29 is 17.9 Å². The molecule has 2 heterocycles. The molecule has 3 rings (SSSR count). The topological polar surface area (TPSA) is 76.7 Å². The van der Waals surface area contributed by atoms with Gasteiger partial charge in [0, 0.05) is 25.1 Å². The predicted octanol–water partition coefficient (Wildman–Crippen LogP) is 2.33. The van der Waals surface area contributed by atoms with Crippen LogP contribution in [-0.4, -0.2) is 40.8 Å². The Hall–Kier alpha value is -1.02. The van der Waals surface area contributed by atoms with Crippen molar-refractivity contribution in [1.82, 2.24) is 10.0 Å². The van der Waals surface area contributed by atoms with E-state index >= 15 is 0 Å². The number of sulfonamides is 1. The molecule has 1 atom stereocenters. The van der Waals surface area contributed by atoms with Gasteiger partial charge in [0.15, 0.2) is 11.5 Å². The number of hydrogen-bond donors (Lipinski definition) is 2. The van der Waals surface area contributed by atoms with Gasteiger partial charge >= 0.3 is 0 Å². The van der Waals surface area contributed by atoms with Crippen LogP contribution in [0.25, 0.3) is 0 Å². The molecule has 1 fully saturated rings. The van der Waals surface area contributed by atoms with Gasteiger partial charge in [0.2, 0.25) is 10.0 Å². The summed E-state index contributed by atoms with van der Waals surface area (Å²) in [4.78, 5) is 0.209. The number of piperidine rings is 1. The van der Waals surface area contributed by atoms with Crippen LogP contribution in [0.4, 0.5) is 0 Å². The summed E-state index contributed by atoms with van der Waals surface area (Å²) in [6.45, 7) is 6.77. The highest BCUT2D eigenvalue weighted by molar-refractivity contribution is 7.89. The van der Waals surface area contributed by atoms with E-state index < -0.39 is 10.0 Å². The minimum atomic E-state index is -3.58. The summed E-state index contributed by atoms with van der Waals surface area (Å²) in [5.74, 6) is 1.09. The molecule has 0 bridgehead atoms. The molecule has 2 N–H and O–H groups in total. The summed E-state index contributed by atoms with van der Waals surface area (Å²) in [5.41, 5.74) is 0.0749. The molecule has 0 amide bonds. The Morgan fingerprint density at radius 1 is 1.20 bits per heavy atom. The van der Waals surface area contributed by atoms with Crippen LogP contribution >= 0.6 is 12.4 Å². The minimum Gasteiger partial charge on any atom is -0.490 e. The number of fused-ring (bicyclic) bond motifs is 1. The van der Waals surface area contributed by atoms with E-state index in [1.165, 1.54) is 0 Å². The first-order chi connectivity index (χ1) is 11.4. The average molecular weight is 391 g/mol. The number of rotatable bonds is 4. The van der Waals surface area contributed by atoms with Gasteiger partial charge in [0.25, 0.3) is 0 Å². The molecular weight excluding hydrogens is 364 g/mol. The maximum absolute atomic E-state index is 12.6. The zero-order valence-electron chi connectivity index (χ0n) is 14.7. The first-order valence-electron chi connectivity index (χ1n) is 8.51. The Balaban J connectivity index is 0.00000225. The third-order valence-corrected chi connectivity index (χ3v) is 6.26. The number of nitrogens with one attached hydrogen (secondary N) is 2. The second-order valence-corrected chi connectivity index (χ2v) is 8.88. The largest absolute Gasteiger partial charge is 0.490 e. The molecule has 142 valence electrons. The van der Waals surface area contributed by atoms with Crippen LogP contribution in [0.5, 0.6) is 11.5 Å². The van der Waals surface area contributed by atoms with Gasteiger partial charge in [-0.2, -0.15) is 0 Å². The molecule has 0 saturated carbocycles. The van der Waals surface area contributed by atoms with E-state index in [9.17, 15) is 8.42 Å². The Kier molecular flexibility index (Phi) is 6.59. The molecule has 2 aliphatic heterocycles. The number of halogens is 1. The van der Waals surface area contributed by atoms with Crippen LogP contribution in [0.1, 0.15) is 33.1 Å². The normalized spacial score (nSPS) is 22.6. The van der Waals surface area contributed by atoms with Crippen molar-refractivity contribution in [2.24, 2.45) is 5.41 Å². The summed E-state index contributed by atoms with van der Waals surface area (Å²) >= 11 is 0. The highest BCUT2D eigenvalue weighted by Gasteiger charge is 2.32. The van der Waals surface area contributed by atoms with E-state index in [-0.39, 0.29) is 28.8 Å². The summed E-state index contributed by atoms with van der Waals surface area (Å²) in [5, 5.41) is 3.42. The Bertz CT molecular complexity index is 694. The van der Waals surface area contributed by atoms with Crippen LogP contribution in [-0.2, 0) is 10.0 Å². The molecule has 8 heteroatoms. The molecule has 25 heavy (non-hydrogen) atoms. The molecular formula is C17H27ClN2O4S. The van der Waals surface area contributed by atoms with Crippen LogP contribution in [0, 0.1) is 5.41 Å². The van der Waals surface area contributed by atoms with Crippen LogP contribution in [0.15, 0.2) is 23.1 Å². The van der Waals surface area contributed by atoms with Crippen molar-refractivity contribution in [1.29, 1.82) is 0 Å². The highest BCUT2D eigenvalue weighted by Crippen LogP contribution is 2.32. The Morgan fingerprint density at radius 2 is 1.92 bits per heavy atom. The molecule has 6 nitrogen and oxygen atoms in total. The van der Waals surface area contributed by atoms with E-state index in [0.717, 1.165) is 25.8 Å². The smallest absolute Gasteiger partial charge is 0.240 e. The molecule has 0 spiro atoms. The lowest BCUT2D eigenvalue weighted by atomic mass is 9.78. The van der Waals surface area contributed by atoms with Crippen molar-refractivity contribution in [3.8, 4) is 11.5 Å². The fraction of sp³-hybridized carbons (Fsp3) is 0.647. The fourth-order valence-corrected chi connectivity index (χ4v) is 4.27. The SMILES string of the molecule is CC1(C)CCCNC1CNS(=O)(=O)c1ccc2c(c1)OCCCO2.Cl. The zero-order chi connectivity index (χ0) is 17.2. The molecule has 2 aliphatic rings. The molecule has 1 unspecified atom stereocenters. The summed E-state index contributed by atoms with van der Waals surface area (Å²) < 4.78 is 39.1. The van der Waals surface area contributed by atoms with Crippen LogP contribution < -0.4 is 19.5 Å². The Morgan fingerprint density at radius 3 is 2.64 bits per heavy atom. The molecule has 1 saturated heterocycles. The predicted molar refractivity (Wildman–Crippen MR) is 99.3 cm³/mol. The molecule has 0 aromatic heterocycles. The minimum absolute atomic E-state index is 0. The molecule has 1 aromatic rings. The van der Waals surface area contributed by atoms with Crippen molar-refractivity contribution in [3.05, 3.63) is 18.2 Å². The lowest BCUT2D eigenvalue weighted by molar-refractivity contribution is 0.181. The first kappa shape index (κ1) is 20.3. The lowest BCUT2D eigenvalue weighted by Gasteiger charge is -2.39. The third kappa shape index (κ3) is 4.78. The summed E-state index contributed by atoms with van der Waals surface area (Å²) in [6.07, 6.45) is 3.01. The van der Waals surface area contributed by atoms with Crippen LogP contribution in [0.2, 0.25) is 0 Å². The number of ether oxygens (including phenoxy) is 2. The van der Waals surface area contributed by atoms with Gasteiger partial charge in [-0.25, -0.2) is 13.1 Å². The molecule has 0 aliphatic carbocycles. The van der Waals surface area contributed by atoms with E-state index in [0.29, 0.717) is 31.3 Å². The highest BCUT2D eigenvalue weighted by atomic mass is 35.5. The number of benzene rings is 1. The second-order valence-electron chi connectivity index (χ2n) is 7.11.